The number of nitrogens with zero attached hydrogens (tertiary/aromatic N) is 2. The number of nitrogens with two attached hydrogens (primary N) is 1. The summed E-state index contributed by atoms with van der Waals surface area (Å²) in [7, 11) is 0. The number of hydrogen-bond acceptors (Lipinski definition) is 5. The minimum atomic E-state index is -0.258. The van der Waals surface area contributed by atoms with Crippen LogP contribution in [0.1, 0.15) is 43.3 Å². The highest BCUT2D eigenvalue weighted by Crippen LogP contribution is 2.28. The Morgan fingerprint density at radius 2 is 2.15 bits per heavy atom. The number of aromatic nitrogens is 1. The largest absolute Gasteiger partial charge is 0.382 e. The molecule has 0 aliphatic rings. The summed E-state index contributed by atoms with van der Waals surface area (Å²) >= 11 is 1.30. The van der Waals surface area contributed by atoms with Crippen LogP contribution in [0.5, 0.6) is 0 Å². The molecule has 1 rings (SSSR count). The van der Waals surface area contributed by atoms with E-state index < -0.39 is 0 Å². The lowest BCUT2D eigenvalue weighted by atomic mass is 10.2. The number of nitrogen functional groups attached to an aromatic ring is 1. The van der Waals surface area contributed by atoms with Crippen molar-refractivity contribution < 1.29 is 4.79 Å². The molecular weight excluding hydrogens is 272 g/mol. The number of hydrogen-bond donors (Lipinski definition) is 2. The molecule has 1 aromatic heterocycles. The molecule has 5 nitrogen and oxygen atoms in total. The van der Waals surface area contributed by atoms with Crippen molar-refractivity contribution >= 4 is 28.2 Å². The molecule has 0 aliphatic carbocycles. The first-order valence-corrected chi connectivity index (χ1v) is 7.67. The van der Waals surface area contributed by atoms with Crippen molar-refractivity contribution in [3.63, 3.8) is 0 Å². The molecule has 0 radical (unpaired) electrons. The molecule has 0 spiro atoms. The molecule has 20 heavy (non-hydrogen) atoms. The maximum atomic E-state index is 12.2. The van der Waals surface area contributed by atoms with Gasteiger partial charge in [0.1, 0.15) is 10.7 Å². The van der Waals surface area contributed by atoms with Crippen molar-refractivity contribution in [1.82, 2.24) is 10.3 Å². The molecule has 6 heteroatoms. The third kappa shape index (κ3) is 3.87. The molecule has 1 unspecified atom stereocenters. The number of carbonyl (C=O) groups excluding carboxylic acids is 1. The second kappa shape index (κ2) is 7.75. The number of nitrogens with one attached hydrogen (secondary N) is 1. The van der Waals surface area contributed by atoms with E-state index in [1.807, 2.05) is 20.8 Å². The molecule has 0 saturated heterocycles. The highest BCUT2D eigenvalue weighted by atomic mass is 32.1. The Labute approximate surface area is 124 Å². The van der Waals surface area contributed by atoms with Crippen molar-refractivity contribution in [1.29, 1.82) is 0 Å². The second-order valence-electron chi connectivity index (χ2n) is 4.36. The van der Waals surface area contributed by atoms with E-state index in [0.29, 0.717) is 4.88 Å². The lowest BCUT2D eigenvalue weighted by Crippen LogP contribution is -2.33. The number of amides is 1. The van der Waals surface area contributed by atoms with E-state index in [-0.39, 0.29) is 17.8 Å². The van der Waals surface area contributed by atoms with Gasteiger partial charge in [-0.1, -0.05) is 30.6 Å². The molecule has 0 aliphatic heterocycles. The summed E-state index contributed by atoms with van der Waals surface area (Å²) < 4.78 is 0. The van der Waals surface area contributed by atoms with Crippen LogP contribution in [-0.4, -0.2) is 30.0 Å². The van der Waals surface area contributed by atoms with Crippen LogP contribution in [0.2, 0.25) is 0 Å². The maximum absolute atomic E-state index is 12.2. The van der Waals surface area contributed by atoms with Crippen molar-refractivity contribution in [3.05, 3.63) is 4.88 Å². The van der Waals surface area contributed by atoms with Crippen molar-refractivity contribution in [2.75, 3.05) is 23.7 Å². The van der Waals surface area contributed by atoms with Gasteiger partial charge in [-0.3, -0.25) is 4.79 Å². The predicted octanol–water partition coefficient (Wildman–Crippen LogP) is 2.10. The Hall–Kier alpha value is -1.74. The SMILES string of the molecule is C#CC(CCC)NC(=O)c1sc(N(CC)CC)nc1N. The predicted molar refractivity (Wildman–Crippen MR) is 85.1 cm³/mol. The van der Waals surface area contributed by atoms with Gasteiger partial charge in [0.2, 0.25) is 0 Å². The smallest absolute Gasteiger partial charge is 0.266 e. The standard InChI is InChI=1S/C14H22N4OS/c1-5-9-10(6-2)16-13(19)11-12(15)17-14(20-11)18(7-3)8-4/h2,10H,5,7-9,15H2,1,3-4H3,(H,16,19). The minimum absolute atomic E-state index is 0.241. The number of anilines is 2. The van der Waals surface area contributed by atoms with E-state index in [1.54, 1.807) is 0 Å². The quantitative estimate of drug-likeness (QED) is 0.756. The molecule has 0 bridgehead atoms. The van der Waals surface area contributed by atoms with E-state index in [2.05, 4.69) is 21.1 Å². The number of rotatable bonds is 7. The lowest BCUT2D eigenvalue weighted by Gasteiger charge is -2.16. The van der Waals surface area contributed by atoms with Crippen LogP contribution in [0.25, 0.3) is 0 Å². The number of thiazole rings is 1. The number of carbonyl (C=O) groups is 1. The van der Waals surface area contributed by atoms with Gasteiger partial charge in [-0.2, -0.15) is 0 Å². The Kier molecular flexibility index (Phi) is 6.32. The Balaban J connectivity index is 2.86. The molecule has 3 N–H and O–H groups in total. The first kappa shape index (κ1) is 16.3. The fraction of sp³-hybridized carbons (Fsp3) is 0.571. The molecule has 1 atom stereocenters. The van der Waals surface area contributed by atoms with Crippen LogP contribution in [0.3, 0.4) is 0 Å². The van der Waals surface area contributed by atoms with E-state index in [0.717, 1.165) is 31.1 Å². The third-order valence-electron chi connectivity index (χ3n) is 2.97. The second-order valence-corrected chi connectivity index (χ2v) is 5.34. The molecule has 110 valence electrons. The molecule has 0 aromatic carbocycles. The van der Waals surface area contributed by atoms with E-state index in [9.17, 15) is 4.79 Å². The summed E-state index contributed by atoms with van der Waals surface area (Å²) in [5.41, 5.74) is 5.84. The highest BCUT2D eigenvalue weighted by molar-refractivity contribution is 7.18. The van der Waals surface area contributed by atoms with Crippen LogP contribution in [-0.2, 0) is 0 Å². The molecular formula is C14H22N4OS. The monoisotopic (exact) mass is 294 g/mol. The van der Waals surface area contributed by atoms with Gasteiger partial charge < -0.3 is 16.0 Å². The fourth-order valence-corrected chi connectivity index (χ4v) is 2.84. The maximum Gasteiger partial charge on any atom is 0.266 e. The van der Waals surface area contributed by atoms with Gasteiger partial charge >= 0.3 is 0 Å². The Bertz CT molecular complexity index is 488. The van der Waals surface area contributed by atoms with Crippen LogP contribution in [0, 0.1) is 12.3 Å². The minimum Gasteiger partial charge on any atom is -0.382 e. The molecule has 0 fully saturated rings. The van der Waals surface area contributed by atoms with E-state index in [4.69, 9.17) is 12.2 Å². The van der Waals surface area contributed by atoms with Crippen molar-refractivity contribution in [2.24, 2.45) is 0 Å². The van der Waals surface area contributed by atoms with Gasteiger partial charge in [0.25, 0.3) is 5.91 Å². The zero-order valence-electron chi connectivity index (χ0n) is 12.3. The Morgan fingerprint density at radius 3 is 2.65 bits per heavy atom. The topological polar surface area (TPSA) is 71.2 Å². The zero-order chi connectivity index (χ0) is 15.1. The van der Waals surface area contributed by atoms with Gasteiger partial charge in [0, 0.05) is 13.1 Å². The summed E-state index contributed by atoms with van der Waals surface area (Å²) in [5.74, 6) is 2.60. The van der Waals surface area contributed by atoms with Gasteiger partial charge in [-0.15, -0.1) is 6.42 Å². The zero-order valence-corrected chi connectivity index (χ0v) is 13.1. The van der Waals surface area contributed by atoms with E-state index in [1.165, 1.54) is 11.3 Å². The lowest BCUT2D eigenvalue weighted by molar-refractivity contribution is 0.0949. The highest BCUT2D eigenvalue weighted by Gasteiger charge is 2.20. The summed E-state index contributed by atoms with van der Waals surface area (Å²) in [6, 6.07) is -0.258. The molecule has 0 saturated carbocycles. The normalized spacial score (nSPS) is 11.7. The average Bonchev–Trinajstić information content (AvgIpc) is 2.81. The first-order chi connectivity index (χ1) is 9.57. The van der Waals surface area contributed by atoms with Crippen molar-refractivity contribution in [2.45, 2.75) is 39.7 Å². The van der Waals surface area contributed by atoms with Gasteiger partial charge in [-0.05, 0) is 20.3 Å². The van der Waals surface area contributed by atoms with Crippen LogP contribution >= 0.6 is 11.3 Å². The summed E-state index contributed by atoms with van der Waals surface area (Å²) in [6.07, 6.45) is 7.07. The fourth-order valence-electron chi connectivity index (χ4n) is 1.82. The molecule has 1 amide bonds. The molecule has 1 aromatic rings. The van der Waals surface area contributed by atoms with Gasteiger partial charge in [-0.25, -0.2) is 4.98 Å². The van der Waals surface area contributed by atoms with Crippen LogP contribution < -0.4 is 16.0 Å². The number of terminal acetylenes is 1. The van der Waals surface area contributed by atoms with Gasteiger partial charge in [0.05, 0.1) is 6.04 Å². The third-order valence-corrected chi connectivity index (χ3v) is 4.10. The van der Waals surface area contributed by atoms with Gasteiger partial charge in [0.15, 0.2) is 5.13 Å². The summed E-state index contributed by atoms with van der Waals surface area (Å²) in [6.45, 7) is 7.75. The van der Waals surface area contributed by atoms with Crippen LogP contribution in [0.15, 0.2) is 0 Å². The molecule has 1 heterocycles. The Morgan fingerprint density at radius 1 is 1.50 bits per heavy atom. The van der Waals surface area contributed by atoms with E-state index >= 15 is 0 Å². The average molecular weight is 294 g/mol. The first-order valence-electron chi connectivity index (χ1n) is 6.85. The summed E-state index contributed by atoms with van der Waals surface area (Å²) in [5, 5.41) is 3.58. The van der Waals surface area contributed by atoms with Crippen LogP contribution in [0.4, 0.5) is 10.9 Å². The summed E-state index contributed by atoms with van der Waals surface area (Å²) in [4.78, 5) is 18.9. The van der Waals surface area contributed by atoms with Crippen molar-refractivity contribution in [3.8, 4) is 12.3 Å².